The predicted octanol–water partition coefficient (Wildman–Crippen LogP) is 2.85. The van der Waals surface area contributed by atoms with Crippen molar-refractivity contribution < 1.29 is 9.53 Å². The van der Waals surface area contributed by atoms with Gasteiger partial charge in [0.25, 0.3) is 0 Å². The van der Waals surface area contributed by atoms with Crippen LogP contribution in [0, 0.1) is 12.8 Å². The number of nitrogens with one attached hydrogen (secondary N) is 1. The first kappa shape index (κ1) is 17.6. The van der Waals surface area contributed by atoms with Gasteiger partial charge in [-0.1, -0.05) is 24.3 Å². The highest BCUT2D eigenvalue weighted by atomic mass is 16.5. The first-order valence-electron chi connectivity index (χ1n) is 9.31. The topological polar surface area (TPSA) is 64.1 Å². The Morgan fingerprint density at radius 1 is 1.11 bits per heavy atom. The van der Waals surface area contributed by atoms with Gasteiger partial charge in [0.15, 0.2) is 0 Å². The van der Waals surface area contributed by atoms with Crippen molar-refractivity contribution in [3.63, 3.8) is 0 Å². The number of benzene rings is 1. The van der Waals surface area contributed by atoms with E-state index in [1.165, 1.54) is 10.9 Å². The number of aryl methyl sites for hydroxylation is 1. The molecule has 0 aliphatic carbocycles. The number of amides is 1. The van der Waals surface area contributed by atoms with Gasteiger partial charge in [-0.15, -0.1) is 0 Å². The minimum Gasteiger partial charge on any atom is -0.379 e. The van der Waals surface area contributed by atoms with E-state index in [2.05, 4.69) is 27.4 Å². The zero-order valence-corrected chi connectivity index (χ0v) is 15.4. The highest BCUT2D eigenvalue weighted by molar-refractivity contribution is 5.82. The molecule has 3 aromatic rings. The summed E-state index contributed by atoms with van der Waals surface area (Å²) in [6.45, 7) is 3.19. The Hall–Kier alpha value is -2.79. The van der Waals surface area contributed by atoms with Gasteiger partial charge in [0.05, 0.1) is 36.9 Å². The van der Waals surface area contributed by atoms with Crippen LogP contribution in [0.1, 0.15) is 16.8 Å². The molecule has 27 heavy (non-hydrogen) atoms. The second kappa shape index (κ2) is 7.84. The third-order valence-electron chi connectivity index (χ3n) is 5.21. The molecule has 1 saturated heterocycles. The van der Waals surface area contributed by atoms with Gasteiger partial charge in [-0.2, -0.15) is 0 Å². The zero-order valence-electron chi connectivity index (χ0n) is 15.4. The van der Waals surface area contributed by atoms with Gasteiger partial charge in [-0.25, -0.2) is 0 Å². The summed E-state index contributed by atoms with van der Waals surface area (Å²) in [5.74, 6) is 0.251. The van der Waals surface area contributed by atoms with Crippen LogP contribution >= 0.6 is 0 Å². The van der Waals surface area contributed by atoms with E-state index >= 15 is 0 Å². The van der Waals surface area contributed by atoms with E-state index in [1.54, 1.807) is 6.20 Å². The van der Waals surface area contributed by atoms with Gasteiger partial charge in [-0.05, 0) is 42.7 Å². The number of carbonyl (C=O) groups is 1. The Morgan fingerprint density at radius 3 is 2.89 bits per heavy atom. The Kier molecular flexibility index (Phi) is 5.12. The van der Waals surface area contributed by atoms with Crippen LogP contribution in [0.2, 0.25) is 0 Å². The van der Waals surface area contributed by atoms with Gasteiger partial charge in [-0.3, -0.25) is 14.8 Å². The third kappa shape index (κ3) is 3.98. The number of nitrogens with zero attached hydrogens (tertiary/aromatic N) is 2. The summed E-state index contributed by atoms with van der Waals surface area (Å²) in [7, 11) is 0. The molecule has 2 aromatic heterocycles. The molecule has 1 aromatic carbocycles. The average Bonchev–Trinajstić information content (AvgIpc) is 3.10. The average molecular weight is 361 g/mol. The largest absolute Gasteiger partial charge is 0.379 e. The highest BCUT2D eigenvalue weighted by Crippen LogP contribution is 2.24. The van der Waals surface area contributed by atoms with Crippen LogP contribution in [0.25, 0.3) is 10.9 Å². The quantitative estimate of drug-likeness (QED) is 0.759. The van der Waals surface area contributed by atoms with Crippen molar-refractivity contribution in [2.75, 3.05) is 13.2 Å². The number of carbonyl (C=O) groups excluding carboxylic acids is 1. The van der Waals surface area contributed by atoms with E-state index in [1.807, 2.05) is 43.5 Å². The summed E-state index contributed by atoms with van der Waals surface area (Å²) < 4.78 is 5.68. The number of fused-ring (bicyclic) bond motifs is 1. The van der Waals surface area contributed by atoms with Crippen LogP contribution in [-0.2, 0) is 22.4 Å². The molecular formula is C22H23N3O2. The fourth-order valence-electron chi connectivity index (χ4n) is 3.69. The summed E-state index contributed by atoms with van der Waals surface area (Å²) in [5.41, 5.74) is 4.11. The van der Waals surface area contributed by atoms with Crippen molar-refractivity contribution in [2.45, 2.75) is 25.8 Å². The number of hydrogen-bond acceptors (Lipinski definition) is 4. The maximum absolute atomic E-state index is 12.5. The standard InChI is InChI=1S/C22H23N3O2/c1-15-5-4-9-23-20(15)12-22(26)25-21-14-27-13-17(21)11-16-8-10-24-19-7-3-2-6-18(16)19/h2-10,17,21H,11-14H2,1H3,(H,25,26)/t17-,21-/m1/s1. The second-order valence-electron chi connectivity index (χ2n) is 7.11. The molecule has 5 nitrogen and oxygen atoms in total. The molecule has 0 spiro atoms. The van der Waals surface area contributed by atoms with Gasteiger partial charge < -0.3 is 10.1 Å². The molecule has 0 unspecified atom stereocenters. The normalized spacial score (nSPS) is 19.3. The van der Waals surface area contributed by atoms with E-state index in [0.29, 0.717) is 19.6 Å². The van der Waals surface area contributed by atoms with Crippen molar-refractivity contribution >= 4 is 16.8 Å². The summed E-state index contributed by atoms with van der Waals surface area (Å²) in [6.07, 6.45) is 4.74. The van der Waals surface area contributed by atoms with E-state index in [0.717, 1.165) is 23.2 Å². The van der Waals surface area contributed by atoms with Crippen molar-refractivity contribution in [3.05, 3.63) is 71.7 Å². The Labute approximate surface area is 158 Å². The van der Waals surface area contributed by atoms with E-state index < -0.39 is 0 Å². The van der Waals surface area contributed by atoms with Crippen LogP contribution in [0.4, 0.5) is 0 Å². The fraction of sp³-hybridized carbons (Fsp3) is 0.318. The van der Waals surface area contributed by atoms with Gasteiger partial charge in [0.2, 0.25) is 5.91 Å². The molecule has 4 rings (SSSR count). The number of hydrogen-bond donors (Lipinski definition) is 1. The van der Waals surface area contributed by atoms with Crippen LogP contribution < -0.4 is 5.32 Å². The molecule has 138 valence electrons. The van der Waals surface area contributed by atoms with Gasteiger partial charge in [0.1, 0.15) is 0 Å². The monoisotopic (exact) mass is 361 g/mol. The first-order chi connectivity index (χ1) is 13.2. The number of pyridine rings is 2. The summed E-state index contributed by atoms with van der Waals surface area (Å²) in [6, 6.07) is 14.1. The minimum atomic E-state index is -0.00288. The lowest BCUT2D eigenvalue weighted by Gasteiger charge is -2.20. The van der Waals surface area contributed by atoms with Crippen molar-refractivity contribution in [1.29, 1.82) is 0 Å². The molecule has 0 bridgehead atoms. The van der Waals surface area contributed by atoms with E-state index in [-0.39, 0.29) is 17.9 Å². The van der Waals surface area contributed by atoms with E-state index in [4.69, 9.17) is 4.74 Å². The Balaban J connectivity index is 1.44. The van der Waals surface area contributed by atoms with Gasteiger partial charge >= 0.3 is 0 Å². The van der Waals surface area contributed by atoms with E-state index in [9.17, 15) is 4.79 Å². The summed E-state index contributed by atoms with van der Waals surface area (Å²) in [4.78, 5) is 21.3. The Morgan fingerprint density at radius 2 is 2.00 bits per heavy atom. The maximum atomic E-state index is 12.5. The number of para-hydroxylation sites is 1. The number of rotatable bonds is 5. The summed E-state index contributed by atoms with van der Waals surface area (Å²) >= 11 is 0. The van der Waals surface area contributed by atoms with Crippen LogP contribution in [-0.4, -0.2) is 35.1 Å². The lowest BCUT2D eigenvalue weighted by Crippen LogP contribution is -2.41. The molecule has 5 heteroatoms. The molecule has 0 radical (unpaired) electrons. The van der Waals surface area contributed by atoms with Crippen LogP contribution in [0.3, 0.4) is 0 Å². The predicted molar refractivity (Wildman–Crippen MR) is 104 cm³/mol. The maximum Gasteiger partial charge on any atom is 0.226 e. The third-order valence-corrected chi connectivity index (χ3v) is 5.21. The SMILES string of the molecule is Cc1cccnc1CC(=O)N[C@@H]1COC[C@H]1Cc1ccnc2ccccc12. The molecule has 1 N–H and O–H groups in total. The molecule has 3 heterocycles. The van der Waals surface area contributed by atoms with Crippen molar-refractivity contribution in [2.24, 2.45) is 5.92 Å². The number of ether oxygens (including phenoxy) is 1. The molecule has 1 aliphatic rings. The smallest absolute Gasteiger partial charge is 0.226 e. The fourth-order valence-corrected chi connectivity index (χ4v) is 3.69. The first-order valence-corrected chi connectivity index (χ1v) is 9.31. The highest BCUT2D eigenvalue weighted by Gasteiger charge is 2.30. The molecule has 2 atom stereocenters. The molecule has 1 fully saturated rings. The lowest BCUT2D eigenvalue weighted by atomic mass is 9.93. The molecular weight excluding hydrogens is 338 g/mol. The van der Waals surface area contributed by atoms with Crippen LogP contribution in [0.15, 0.2) is 54.9 Å². The Bertz CT molecular complexity index is 952. The van der Waals surface area contributed by atoms with Crippen molar-refractivity contribution in [3.8, 4) is 0 Å². The summed E-state index contributed by atoms with van der Waals surface area (Å²) in [5, 5.41) is 4.32. The van der Waals surface area contributed by atoms with Gasteiger partial charge in [0, 0.05) is 23.7 Å². The number of aromatic nitrogens is 2. The molecule has 1 amide bonds. The molecule has 1 aliphatic heterocycles. The molecule has 0 saturated carbocycles. The lowest BCUT2D eigenvalue weighted by molar-refractivity contribution is -0.121. The minimum absolute atomic E-state index is 0.00288. The van der Waals surface area contributed by atoms with Crippen LogP contribution in [0.5, 0.6) is 0 Å². The van der Waals surface area contributed by atoms with Crippen molar-refractivity contribution in [1.82, 2.24) is 15.3 Å². The second-order valence-corrected chi connectivity index (χ2v) is 7.11. The zero-order chi connectivity index (χ0) is 18.6.